The highest BCUT2D eigenvalue weighted by atomic mass is 32.2. The number of anilines is 1. The van der Waals surface area contributed by atoms with Gasteiger partial charge in [0, 0.05) is 25.8 Å². The van der Waals surface area contributed by atoms with Crippen molar-refractivity contribution in [3.63, 3.8) is 0 Å². The highest BCUT2D eigenvalue weighted by Gasteiger charge is 2.26. The van der Waals surface area contributed by atoms with Crippen LogP contribution in [0.25, 0.3) is 0 Å². The van der Waals surface area contributed by atoms with Crippen LogP contribution in [-0.4, -0.2) is 50.1 Å². The standard InChI is InChI=1S/C17H23N3O5S/c1-3-24-11-7-10-20(26(22,23)15-8-5-4-6-9-15)13-17(21)18-16-12-14(2)25-19-16/h4-6,8-9,12H,3,7,10-11,13H2,1-2H3,(H,18,19,21). The Balaban J connectivity index is 2.11. The van der Waals surface area contributed by atoms with Crippen LogP contribution in [0.1, 0.15) is 19.1 Å². The van der Waals surface area contributed by atoms with Crippen LogP contribution in [0.5, 0.6) is 0 Å². The minimum Gasteiger partial charge on any atom is -0.382 e. The number of ether oxygens (including phenoxy) is 1. The van der Waals surface area contributed by atoms with Crippen LogP contribution in [0.15, 0.2) is 45.8 Å². The van der Waals surface area contributed by atoms with Crippen molar-refractivity contribution in [2.24, 2.45) is 0 Å². The third-order valence-corrected chi connectivity index (χ3v) is 5.36. The fraction of sp³-hybridized carbons (Fsp3) is 0.412. The van der Waals surface area contributed by atoms with Gasteiger partial charge in [-0.3, -0.25) is 4.79 Å². The summed E-state index contributed by atoms with van der Waals surface area (Å²) in [5, 5.41) is 6.21. The first kappa shape index (κ1) is 20.1. The molecule has 1 aromatic heterocycles. The van der Waals surface area contributed by atoms with Gasteiger partial charge in [0.05, 0.1) is 11.4 Å². The maximum atomic E-state index is 12.9. The molecule has 1 amide bonds. The molecule has 0 aliphatic rings. The van der Waals surface area contributed by atoms with Gasteiger partial charge in [-0.2, -0.15) is 4.31 Å². The van der Waals surface area contributed by atoms with Crippen LogP contribution in [0.3, 0.4) is 0 Å². The summed E-state index contributed by atoms with van der Waals surface area (Å²) in [7, 11) is -3.80. The first-order chi connectivity index (χ1) is 12.4. The lowest BCUT2D eigenvalue weighted by molar-refractivity contribution is -0.116. The van der Waals surface area contributed by atoms with Gasteiger partial charge in [0.25, 0.3) is 0 Å². The second kappa shape index (κ2) is 9.46. The molecule has 1 heterocycles. The maximum Gasteiger partial charge on any atom is 0.243 e. The Bertz CT molecular complexity index is 805. The van der Waals surface area contributed by atoms with E-state index in [4.69, 9.17) is 9.26 Å². The summed E-state index contributed by atoms with van der Waals surface area (Å²) in [4.78, 5) is 12.4. The molecule has 1 aromatic carbocycles. The molecule has 2 rings (SSSR count). The molecule has 9 heteroatoms. The molecule has 2 aromatic rings. The van der Waals surface area contributed by atoms with E-state index in [-0.39, 0.29) is 23.8 Å². The number of carbonyl (C=O) groups excluding carboxylic acids is 1. The SMILES string of the molecule is CCOCCCN(CC(=O)Nc1cc(C)on1)S(=O)(=O)c1ccccc1. The van der Waals surface area contributed by atoms with Gasteiger partial charge in [-0.25, -0.2) is 8.42 Å². The third kappa shape index (κ3) is 5.65. The highest BCUT2D eigenvalue weighted by molar-refractivity contribution is 7.89. The summed E-state index contributed by atoms with van der Waals surface area (Å²) in [6, 6.07) is 9.58. The second-order valence-electron chi connectivity index (χ2n) is 5.57. The summed E-state index contributed by atoms with van der Waals surface area (Å²) in [5.74, 6) is 0.305. The van der Waals surface area contributed by atoms with Gasteiger partial charge < -0.3 is 14.6 Å². The van der Waals surface area contributed by atoms with Crippen LogP contribution in [0.2, 0.25) is 0 Å². The number of sulfonamides is 1. The molecule has 1 N–H and O–H groups in total. The summed E-state index contributed by atoms with van der Waals surface area (Å²) in [6.07, 6.45) is 0.482. The molecule has 8 nitrogen and oxygen atoms in total. The highest BCUT2D eigenvalue weighted by Crippen LogP contribution is 2.16. The number of nitrogens with one attached hydrogen (secondary N) is 1. The average Bonchev–Trinajstić information content (AvgIpc) is 3.03. The zero-order chi connectivity index (χ0) is 19.0. The van der Waals surface area contributed by atoms with Gasteiger partial charge in [0.1, 0.15) is 5.76 Å². The van der Waals surface area contributed by atoms with E-state index in [0.29, 0.717) is 25.4 Å². The van der Waals surface area contributed by atoms with E-state index in [9.17, 15) is 13.2 Å². The normalized spacial score (nSPS) is 11.7. The van der Waals surface area contributed by atoms with E-state index >= 15 is 0 Å². The molecule has 0 atom stereocenters. The molecular weight excluding hydrogens is 358 g/mol. The molecule has 26 heavy (non-hydrogen) atoms. The predicted octanol–water partition coefficient (Wildman–Crippen LogP) is 2.04. The number of nitrogens with zero attached hydrogens (tertiary/aromatic N) is 2. The van der Waals surface area contributed by atoms with Crippen molar-refractivity contribution >= 4 is 21.7 Å². The van der Waals surface area contributed by atoms with Crippen LogP contribution in [0, 0.1) is 6.92 Å². The van der Waals surface area contributed by atoms with Crippen LogP contribution >= 0.6 is 0 Å². The lowest BCUT2D eigenvalue weighted by Crippen LogP contribution is -2.39. The summed E-state index contributed by atoms with van der Waals surface area (Å²) in [5.41, 5.74) is 0. The van der Waals surface area contributed by atoms with Gasteiger partial charge in [-0.15, -0.1) is 0 Å². The van der Waals surface area contributed by atoms with E-state index in [0.717, 1.165) is 4.31 Å². The Hall–Kier alpha value is -2.23. The molecule has 0 fully saturated rings. The Morgan fingerprint density at radius 1 is 1.31 bits per heavy atom. The summed E-state index contributed by atoms with van der Waals surface area (Å²) in [6.45, 7) is 4.38. The summed E-state index contributed by atoms with van der Waals surface area (Å²) >= 11 is 0. The number of amides is 1. The smallest absolute Gasteiger partial charge is 0.243 e. The minimum atomic E-state index is -3.80. The largest absolute Gasteiger partial charge is 0.382 e. The quantitative estimate of drug-likeness (QED) is 0.632. The van der Waals surface area contributed by atoms with Crippen molar-refractivity contribution < 1.29 is 22.5 Å². The Kier molecular flexibility index (Phi) is 7.31. The Labute approximate surface area is 153 Å². The van der Waals surface area contributed by atoms with Crippen molar-refractivity contribution in [2.45, 2.75) is 25.2 Å². The van der Waals surface area contributed by atoms with E-state index in [2.05, 4.69) is 10.5 Å². The number of carbonyl (C=O) groups is 1. The van der Waals surface area contributed by atoms with Crippen molar-refractivity contribution in [1.29, 1.82) is 0 Å². The molecule has 0 unspecified atom stereocenters. The Morgan fingerprint density at radius 3 is 2.65 bits per heavy atom. The van der Waals surface area contributed by atoms with Gasteiger partial charge in [-0.1, -0.05) is 23.4 Å². The number of aryl methyl sites for hydroxylation is 1. The molecule has 0 aliphatic heterocycles. The van der Waals surface area contributed by atoms with E-state index in [1.807, 2.05) is 6.92 Å². The van der Waals surface area contributed by atoms with Crippen molar-refractivity contribution in [1.82, 2.24) is 9.46 Å². The van der Waals surface area contributed by atoms with Gasteiger partial charge in [0.2, 0.25) is 15.9 Å². The van der Waals surface area contributed by atoms with Gasteiger partial charge in [0.15, 0.2) is 5.82 Å². The van der Waals surface area contributed by atoms with Crippen LogP contribution in [-0.2, 0) is 19.6 Å². The van der Waals surface area contributed by atoms with Crippen LogP contribution < -0.4 is 5.32 Å². The van der Waals surface area contributed by atoms with E-state index in [1.165, 1.54) is 12.1 Å². The first-order valence-electron chi connectivity index (χ1n) is 8.29. The second-order valence-corrected chi connectivity index (χ2v) is 7.51. The van der Waals surface area contributed by atoms with Crippen molar-refractivity contribution in [2.75, 3.05) is 31.6 Å². The lowest BCUT2D eigenvalue weighted by Gasteiger charge is -2.21. The monoisotopic (exact) mass is 381 g/mol. The zero-order valence-corrected chi connectivity index (χ0v) is 15.7. The topological polar surface area (TPSA) is 102 Å². The van der Waals surface area contributed by atoms with Crippen molar-refractivity contribution in [3.05, 3.63) is 42.2 Å². The molecule has 0 bridgehead atoms. The number of hydrogen-bond donors (Lipinski definition) is 1. The number of hydrogen-bond acceptors (Lipinski definition) is 6. The van der Waals surface area contributed by atoms with E-state index < -0.39 is 15.9 Å². The predicted molar refractivity (Wildman–Crippen MR) is 96.2 cm³/mol. The van der Waals surface area contributed by atoms with Crippen LogP contribution in [0.4, 0.5) is 5.82 Å². The number of aromatic nitrogens is 1. The molecule has 0 spiro atoms. The lowest BCUT2D eigenvalue weighted by atomic mass is 10.4. The Morgan fingerprint density at radius 2 is 2.04 bits per heavy atom. The number of benzene rings is 1. The fourth-order valence-corrected chi connectivity index (χ4v) is 3.74. The molecule has 0 aliphatic carbocycles. The maximum absolute atomic E-state index is 12.9. The number of rotatable bonds is 10. The fourth-order valence-electron chi connectivity index (χ4n) is 2.28. The van der Waals surface area contributed by atoms with Gasteiger partial charge >= 0.3 is 0 Å². The summed E-state index contributed by atoms with van der Waals surface area (Å²) < 4.78 is 37.0. The first-order valence-corrected chi connectivity index (χ1v) is 9.73. The van der Waals surface area contributed by atoms with E-state index in [1.54, 1.807) is 31.2 Å². The zero-order valence-electron chi connectivity index (χ0n) is 14.8. The molecular formula is C17H23N3O5S. The van der Waals surface area contributed by atoms with Gasteiger partial charge in [-0.05, 0) is 32.4 Å². The van der Waals surface area contributed by atoms with Crippen molar-refractivity contribution in [3.8, 4) is 0 Å². The molecule has 142 valence electrons. The third-order valence-electron chi connectivity index (χ3n) is 3.50. The molecule has 0 radical (unpaired) electrons. The molecule has 0 saturated carbocycles. The molecule has 0 saturated heterocycles. The minimum absolute atomic E-state index is 0.140. The average molecular weight is 381 g/mol.